The number of hydrogen-bond donors (Lipinski definition) is 4. The molecule has 54 heavy (non-hydrogen) atoms. The highest BCUT2D eigenvalue weighted by Gasteiger charge is 2.68. The van der Waals surface area contributed by atoms with Gasteiger partial charge in [0.2, 0.25) is 11.9 Å². The number of nitrogens with one attached hydrogen (secondary N) is 3. The number of aromatic carboxylic acids is 1. The van der Waals surface area contributed by atoms with Crippen LogP contribution in [0.3, 0.4) is 0 Å². The minimum atomic E-state index is -1.14. The summed E-state index contributed by atoms with van der Waals surface area (Å²) in [5, 5.41) is 26.3. The SMILES string of the molecule is COc1c(CC(NC(=O)Cn2cc(CN/C(=N\C(=O)OC(C)(C)C)NC(=O)OC(C)(C)C)nn2)B2O[C@@H]3C[C@@H]4C[C@@H](C4(C)C)[C@]3(C)O2)cccc1C(=O)O. The largest absolute Gasteiger partial charge is 0.496 e. The molecule has 1 saturated heterocycles. The molecular weight excluding hydrogens is 701 g/mol. The molecule has 4 aliphatic rings. The van der Waals surface area contributed by atoms with Crippen LogP contribution in [-0.4, -0.2) is 93.2 Å². The van der Waals surface area contributed by atoms with Crippen LogP contribution in [0.5, 0.6) is 5.75 Å². The fourth-order valence-corrected chi connectivity index (χ4v) is 7.64. The van der Waals surface area contributed by atoms with Crippen LogP contribution in [0, 0.1) is 17.3 Å². The van der Waals surface area contributed by atoms with Crippen LogP contribution in [0.2, 0.25) is 0 Å². The highest BCUT2D eigenvalue weighted by atomic mass is 16.7. The van der Waals surface area contributed by atoms with Crippen molar-refractivity contribution in [1.82, 2.24) is 30.9 Å². The fraction of sp³-hybridized carbons (Fsp3) is 0.639. The Balaban J connectivity index is 1.29. The zero-order chi connectivity index (χ0) is 39.8. The molecular formula is C36H52BN7O10. The number of hydrogen-bond acceptors (Lipinski definition) is 11. The summed E-state index contributed by atoms with van der Waals surface area (Å²) in [6.45, 7) is 16.5. The second kappa shape index (κ2) is 15.2. The van der Waals surface area contributed by atoms with Gasteiger partial charge in [-0.05, 0) is 96.6 Å². The summed E-state index contributed by atoms with van der Waals surface area (Å²) < 4.78 is 30.7. The van der Waals surface area contributed by atoms with Gasteiger partial charge in [0, 0.05) is 0 Å². The van der Waals surface area contributed by atoms with Gasteiger partial charge < -0.3 is 39.3 Å². The van der Waals surface area contributed by atoms with E-state index in [1.807, 2.05) is 0 Å². The maximum absolute atomic E-state index is 13.6. The summed E-state index contributed by atoms with van der Waals surface area (Å²) in [6, 6.07) is 4.85. The summed E-state index contributed by atoms with van der Waals surface area (Å²) in [4.78, 5) is 54.3. The molecule has 3 aliphatic carbocycles. The van der Waals surface area contributed by atoms with Crippen LogP contribution in [0.15, 0.2) is 29.4 Å². The van der Waals surface area contributed by atoms with Gasteiger partial charge in [0.1, 0.15) is 34.8 Å². The number of carboxylic acids is 1. The summed E-state index contributed by atoms with van der Waals surface area (Å²) in [5.74, 6) is -1.50. The number of carboxylic acid groups (broad SMARTS) is 1. The summed E-state index contributed by atoms with van der Waals surface area (Å²) in [5.41, 5.74) is -1.14. The molecule has 5 atom stereocenters. The number of amides is 3. The van der Waals surface area contributed by atoms with E-state index in [9.17, 15) is 24.3 Å². The first-order valence-corrected chi connectivity index (χ1v) is 18.0. The number of rotatable bonds is 10. The number of nitrogens with zero attached hydrogens (tertiary/aromatic N) is 4. The number of aromatic nitrogens is 3. The third-order valence-corrected chi connectivity index (χ3v) is 10.2. The van der Waals surface area contributed by atoms with Crippen LogP contribution >= 0.6 is 0 Å². The van der Waals surface area contributed by atoms with E-state index < -0.39 is 53.9 Å². The number of alkyl carbamates (subject to hydrolysis) is 1. The van der Waals surface area contributed by atoms with Crippen LogP contribution < -0.4 is 20.7 Å². The Hall–Kier alpha value is -4.71. The quantitative estimate of drug-likeness (QED) is 0.154. The molecule has 1 aromatic carbocycles. The minimum Gasteiger partial charge on any atom is -0.496 e. The fourth-order valence-electron chi connectivity index (χ4n) is 7.64. The zero-order valence-electron chi connectivity index (χ0n) is 32.6. The zero-order valence-corrected chi connectivity index (χ0v) is 32.6. The van der Waals surface area contributed by atoms with Crippen molar-refractivity contribution in [2.75, 3.05) is 7.11 Å². The molecule has 1 aromatic heterocycles. The first-order chi connectivity index (χ1) is 25.1. The number of para-hydroxylation sites is 1. The molecule has 1 aliphatic heterocycles. The van der Waals surface area contributed by atoms with Crippen molar-refractivity contribution in [2.45, 2.75) is 124 Å². The number of guanidine groups is 1. The normalized spacial score (nSPS) is 23.7. The number of benzene rings is 1. The lowest BCUT2D eigenvalue weighted by atomic mass is 9.43. The molecule has 2 bridgehead atoms. The van der Waals surface area contributed by atoms with E-state index in [1.165, 1.54) is 24.1 Å². The lowest BCUT2D eigenvalue weighted by Crippen LogP contribution is -2.65. The summed E-state index contributed by atoms with van der Waals surface area (Å²) in [7, 11) is 0.594. The van der Waals surface area contributed by atoms with Crippen molar-refractivity contribution < 1.29 is 47.8 Å². The number of ether oxygens (including phenoxy) is 3. The van der Waals surface area contributed by atoms with Crippen molar-refractivity contribution >= 4 is 37.1 Å². The standard InChI is InChI=1S/C36H52BN7O10/c1-33(2,3)51-31(48)40-30(41-32(49)52-34(4,5)6)38-17-22-18-44(43-42-22)19-27(45)39-26(14-20-12-11-13-23(29(46)47)28(20)50-10)37-53-25-16-21-15-24(35(21,7)8)36(25,9)54-37/h11-13,18,21,24-26H,14-17,19H2,1-10H3,(H,39,45)(H,46,47)(H2,38,40,41,48,49)/t21-,24-,25+,26?,36-/m0/s1. The Morgan fingerprint density at radius 3 is 2.43 bits per heavy atom. The van der Waals surface area contributed by atoms with Crippen LogP contribution in [-0.2, 0) is 43.1 Å². The maximum atomic E-state index is 13.6. The van der Waals surface area contributed by atoms with E-state index >= 15 is 0 Å². The lowest BCUT2D eigenvalue weighted by Gasteiger charge is -2.64. The average molecular weight is 754 g/mol. The molecule has 294 valence electrons. The molecule has 4 N–H and O–H groups in total. The van der Waals surface area contributed by atoms with Gasteiger partial charge in [-0.2, -0.15) is 0 Å². The number of carbonyl (C=O) groups excluding carboxylic acids is 3. The Labute approximate surface area is 315 Å². The van der Waals surface area contributed by atoms with Gasteiger partial charge >= 0.3 is 25.3 Å². The number of methoxy groups -OCH3 is 1. The average Bonchev–Trinajstić information content (AvgIpc) is 3.64. The van der Waals surface area contributed by atoms with Gasteiger partial charge in [0.05, 0.1) is 37.5 Å². The van der Waals surface area contributed by atoms with E-state index in [0.717, 1.165) is 12.8 Å². The topological polar surface area (TPSA) is 214 Å². The minimum absolute atomic E-state index is 0.000818. The molecule has 18 heteroatoms. The van der Waals surface area contributed by atoms with Gasteiger partial charge in [-0.3, -0.25) is 10.1 Å². The maximum Gasteiger partial charge on any atom is 0.482 e. The van der Waals surface area contributed by atoms with E-state index in [0.29, 0.717) is 17.2 Å². The first kappa shape index (κ1) is 40.5. The Morgan fingerprint density at radius 1 is 1.09 bits per heavy atom. The second-order valence-corrected chi connectivity index (χ2v) is 16.8. The highest BCUT2D eigenvalue weighted by Crippen LogP contribution is 2.65. The molecule has 6 rings (SSSR count). The van der Waals surface area contributed by atoms with Gasteiger partial charge in [0.15, 0.2) is 0 Å². The van der Waals surface area contributed by atoms with E-state index in [1.54, 1.807) is 53.7 Å². The molecule has 2 aromatic rings. The van der Waals surface area contributed by atoms with Crippen LogP contribution in [0.25, 0.3) is 0 Å². The Morgan fingerprint density at radius 2 is 1.80 bits per heavy atom. The summed E-state index contributed by atoms with van der Waals surface area (Å²) in [6.07, 6.45) is 1.66. The molecule has 0 radical (unpaired) electrons. The van der Waals surface area contributed by atoms with Crippen molar-refractivity contribution in [3.8, 4) is 5.75 Å². The van der Waals surface area contributed by atoms with Gasteiger partial charge in [-0.25, -0.2) is 19.1 Å². The smallest absolute Gasteiger partial charge is 0.482 e. The van der Waals surface area contributed by atoms with Crippen LogP contribution in [0.1, 0.15) is 96.8 Å². The molecule has 0 spiro atoms. The van der Waals surface area contributed by atoms with E-state index in [4.69, 9.17) is 23.5 Å². The molecule has 4 fully saturated rings. The number of carbonyl (C=O) groups is 4. The predicted octanol–water partition coefficient (Wildman–Crippen LogP) is 3.89. The molecule has 2 heterocycles. The van der Waals surface area contributed by atoms with Gasteiger partial charge in [0.25, 0.3) is 0 Å². The number of aliphatic imine (C=N–C) groups is 1. The molecule has 3 saturated carbocycles. The van der Waals surface area contributed by atoms with Crippen molar-refractivity contribution in [1.29, 1.82) is 0 Å². The van der Waals surface area contributed by atoms with Crippen LogP contribution in [0.4, 0.5) is 9.59 Å². The highest BCUT2D eigenvalue weighted by molar-refractivity contribution is 6.48. The Bertz CT molecular complexity index is 1780. The van der Waals surface area contributed by atoms with Gasteiger partial charge in [-0.1, -0.05) is 31.2 Å². The second-order valence-electron chi connectivity index (χ2n) is 16.8. The third kappa shape index (κ3) is 9.32. The molecule has 1 unspecified atom stereocenters. The first-order valence-electron chi connectivity index (χ1n) is 18.0. The third-order valence-electron chi connectivity index (χ3n) is 10.2. The van der Waals surface area contributed by atoms with Crippen molar-refractivity contribution in [2.24, 2.45) is 22.2 Å². The van der Waals surface area contributed by atoms with Crippen molar-refractivity contribution in [3.63, 3.8) is 0 Å². The van der Waals surface area contributed by atoms with E-state index in [2.05, 4.69) is 52.0 Å². The molecule has 17 nitrogen and oxygen atoms in total. The predicted molar refractivity (Wildman–Crippen MR) is 196 cm³/mol. The van der Waals surface area contributed by atoms with Gasteiger partial charge in [-0.15, -0.1) is 10.1 Å². The monoisotopic (exact) mass is 753 g/mol. The summed E-state index contributed by atoms with van der Waals surface area (Å²) >= 11 is 0. The van der Waals surface area contributed by atoms with E-state index in [-0.39, 0.29) is 54.2 Å². The lowest BCUT2D eigenvalue weighted by molar-refractivity contribution is -0.199. The molecule has 3 amide bonds. The van der Waals surface area contributed by atoms with Crippen molar-refractivity contribution in [3.05, 3.63) is 41.2 Å². The Kier molecular flexibility index (Phi) is 11.4.